The van der Waals surface area contributed by atoms with Crippen LogP contribution >= 0.6 is 22.9 Å². The van der Waals surface area contributed by atoms with Crippen LogP contribution in [0.5, 0.6) is 0 Å². The summed E-state index contributed by atoms with van der Waals surface area (Å²) >= 11 is 6.61. The van der Waals surface area contributed by atoms with Crippen molar-refractivity contribution in [1.29, 1.82) is 0 Å². The molecule has 0 radical (unpaired) electrons. The summed E-state index contributed by atoms with van der Waals surface area (Å²) in [5.74, 6) is -0.0617. The third kappa shape index (κ3) is 3.23. The third-order valence-corrected chi connectivity index (χ3v) is 6.83. The molecule has 1 N–H and O–H groups in total. The first-order valence-electron chi connectivity index (χ1n) is 7.61. The van der Waals surface area contributed by atoms with Crippen LogP contribution in [0.25, 0.3) is 16.5 Å². The lowest BCUT2D eigenvalue weighted by Gasteiger charge is -2.16. The van der Waals surface area contributed by atoms with Gasteiger partial charge in [0.25, 0.3) is 12.9 Å². The number of hydrogen-bond donors (Lipinski definition) is 1. The van der Waals surface area contributed by atoms with Crippen LogP contribution in [-0.2, 0) is 10.0 Å². The fourth-order valence-corrected chi connectivity index (χ4v) is 4.92. The lowest BCUT2D eigenvalue weighted by Crippen LogP contribution is -2.42. The maximum absolute atomic E-state index is 13.1. The molecule has 0 amide bonds. The highest BCUT2D eigenvalue weighted by atomic mass is 35.5. The number of aromatic nitrogens is 5. The van der Waals surface area contributed by atoms with Crippen LogP contribution in [0.1, 0.15) is 24.3 Å². The summed E-state index contributed by atoms with van der Waals surface area (Å²) in [7, 11) is -4.34. The molecule has 0 aromatic carbocycles. The zero-order chi connectivity index (χ0) is 20.3. The molecule has 3 aromatic rings. The molecule has 1 aliphatic carbocycles. The van der Waals surface area contributed by atoms with Gasteiger partial charge < -0.3 is 0 Å². The molecular formula is C13H9ClF4N6O2S2. The van der Waals surface area contributed by atoms with Gasteiger partial charge in [0.05, 0.1) is 10.6 Å². The van der Waals surface area contributed by atoms with Crippen molar-refractivity contribution in [1.82, 2.24) is 29.5 Å². The first-order chi connectivity index (χ1) is 13.1. The van der Waals surface area contributed by atoms with E-state index in [1.54, 1.807) is 0 Å². The number of fused-ring (bicyclic) bond motifs is 1. The van der Waals surface area contributed by atoms with Gasteiger partial charge in [0.1, 0.15) is 4.90 Å². The zero-order valence-electron chi connectivity index (χ0n) is 13.5. The van der Waals surface area contributed by atoms with E-state index in [0.29, 0.717) is 11.3 Å². The molecule has 3 heterocycles. The van der Waals surface area contributed by atoms with E-state index in [1.165, 1.54) is 0 Å². The summed E-state index contributed by atoms with van der Waals surface area (Å²) in [6.07, 6.45) is -4.61. The standard InChI is InChI=1S/C13H9ClF4N6O2S2/c14-6-3-5(28(25,26)23-13(1-2-13)12(17)18)4-24-8(6)19-20-9(24)11-22-21-10(27-11)7(15)16/h3-4,7,12,23H,1-2H2. The zero-order valence-corrected chi connectivity index (χ0v) is 15.9. The maximum Gasteiger partial charge on any atom is 0.291 e. The van der Waals surface area contributed by atoms with Gasteiger partial charge in [-0.3, -0.25) is 4.40 Å². The summed E-state index contributed by atoms with van der Waals surface area (Å²) in [4.78, 5) is -0.406. The molecule has 1 aliphatic rings. The Balaban J connectivity index is 1.79. The minimum absolute atomic E-state index is 0.0128. The predicted octanol–water partition coefficient (Wildman–Crippen LogP) is 2.91. The van der Waals surface area contributed by atoms with Crippen molar-refractivity contribution in [2.45, 2.75) is 36.1 Å². The summed E-state index contributed by atoms with van der Waals surface area (Å²) < 4.78 is 80.0. The van der Waals surface area contributed by atoms with Crippen LogP contribution in [0.15, 0.2) is 17.2 Å². The van der Waals surface area contributed by atoms with Gasteiger partial charge in [0.2, 0.25) is 10.0 Å². The number of nitrogens with zero attached hydrogens (tertiary/aromatic N) is 5. The average molecular weight is 457 g/mol. The Morgan fingerprint density at radius 2 is 1.89 bits per heavy atom. The quantitative estimate of drug-likeness (QED) is 0.572. The second-order valence-corrected chi connectivity index (χ2v) is 9.15. The summed E-state index contributed by atoms with van der Waals surface area (Å²) in [5, 5.41) is 13.8. The lowest BCUT2D eigenvalue weighted by atomic mass is 10.3. The minimum Gasteiger partial charge on any atom is -0.278 e. The molecule has 0 unspecified atom stereocenters. The van der Waals surface area contributed by atoms with Crippen LogP contribution in [0.4, 0.5) is 17.6 Å². The third-order valence-electron chi connectivity index (χ3n) is 4.11. The second kappa shape index (κ2) is 6.57. The highest BCUT2D eigenvalue weighted by Gasteiger charge is 2.54. The maximum atomic E-state index is 13.1. The van der Waals surface area contributed by atoms with Gasteiger partial charge in [-0.05, 0) is 18.9 Å². The number of alkyl halides is 4. The minimum atomic E-state index is -4.34. The molecule has 1 saturated carbocycles. The second-order valence-electron chi connectivity index (χ2n) is 6.05. The van der Waals surface area contributed by atoms with Crippen LogP contribution in [-0.4, -0.2) is 45.2 Å². The Kier molecular flexibility index (Phi) is 4.56. The molecule has 8 nitrogen and oxygen atoms in total. The summed E-state index contributed by atoms with van der Waals surface area (Å²) in [5.41, 5.74) is -1.75. The first kappa shape index (κ1) is 19.4. The van der Waals surface area contributed by atoms with Gasteiger partial charge in [-0.1, -0.05) is 22.9 Å². The molecule has 0 saturated heterocycles. The monoisotopic (exact) mass is 456 g/mol. The SMILES string of the molecule is O=S(=O)(NC1(C(F)F)CC1)c1cc(Cl)c2nnc(-c3nnc(C(F)F)s3)n2c1. The molecule has 1 fully saturated rings. The van der Waals surface area contributed by atoms with Crippen molar-refractivity contribution in [3.63, 3.8) is 0 Å². The van der Waals surface area contributed by atoms with Crippen molar-refractivity contribution in [3.05, 3.63) is 22.3 Å². The number of rotatable bonds is 6. The van der Waals surface area contributed by atoms with E-state index >= 15 is 0 Å². The smallest absolute Gasteiger partial charge is 0.278 e. The summed E-state index contributed by atoms with van der Waals surface area (Å²) in [6.45, 7) is 0. The van der Waals surface area contributed by atoms with E-state index in [2.05, 4.69) is 20.4 Å². The van der Waals surface area contributed by atoms with Crippen LogP contribution in [0.2, 0.25) is 5.02 Å². The van der Waals surface area contributed by atoms with Gasteiger partial charge in [-0.2, -0.15) is 4.72 Å². The number of pyridine rings is 1. The van der Waals surface area contributed by atoms with Crippen LogP contribution in [0.3, 0.4) is 0 Å². The first-order valence-corrected chi connectivity index (χ1v) is 10.3. The van der Waals surface area contributed by atoms with Crippen molar-refractivity contribution in [3.8, 4) is 10.8 Å². The fourth-order valence-electron chi connectivity index (χ4n) is 2.46. The van der Waals surface area contributed by atoms with E-state index in [4.69, 9.17) is 11.6 Å². The van der Waals surface area contributed by atoms with Crippen molar-refractivity contribution < 1.29 is 26.0 Å². The Morgan fingerprint density at radius 3 is 2.46 bits per heavy atom. The van der Waals surface area contributed by atoms with E-state index in [1.807, 2.05) is 4.72 Å². The number of sulfonamides is 1. The van der Waals surface area contributed by atoms with Gasteiger partial charge in [-0.25, -0.2) is 26.0 Å². The topological polar surface area (TPSA) is 102 Å². The molecule has 0 bridgehead atoms. The molecule has 150 valence electrons. The van der Waals surface area contributed by atoms with Crippen molar-refractivity contribution in [2.75, 3.05) is 0 Å². The average Bonchev–Trinajstić information content (AvgIpc) is 3.06. The van der Waals surface area contributed by atoms with Gasteiger partial charge in [-0.15, -0.1) is 20.4 Å². The molecule has 28 heavy (non-hydrogen) atoms. The molecule has 0 spiro atoms. The van der Waals surface area contributed by atoms with Gasteiger partial charge >= 0.3 is 0 Å². The van der Waals surface area contributed by atoms with Crippen molar-refractivity contribution in [2.24, 2.45) is 0 Å². The van der Waals surface area contributed by atoms with E-state index in [9.17, 15) is 26.0 Å². The summed E-state index contributed by atoms with van der Waals surface area (Å²) in [6, 6.07) is 1.05. The Morgan fingerprint density at radius 1 is 1.18 bits per heavy atom. The molecule has 3 aromatic heterocycles. The Bertz CT molecular complexity index is 1160. The normalized spacial score (nSPS) is 16.4. The predicted molar refractivity (Wildman–Crippen MR) is 90.1 cm³/mol. The number of hydrogen-bond acceptors (Lipinski definition) is 7. The highest BCUT2D eigenvalue weighted by molar-refractivity contribution is 7.89. The molecule has 0 atom stereocenters. The van der Waals surface area contributed by atoms with E-state index < -0.39 is 38.3 Å². The Labute approximate surface area is 163 Å². The van der Waals surface area contributed by atoms with Crippen LogP contribution < -0.4 is 4.72 Å². The highest BCUT2D eigenvalue weighted by Crippen LogP contribution is 2.42. The Hall–Kier alpha value is -1.90. The molecule has 0 aliphatic heterocycles. The molecular weight excluding hydrogens is 448 g/mol. The van der Waals surface area contributed by atoms with E-state index in [0.717, 1.165) is 16.7 Å². The number of halogens is 5. The fraction of sp³-hybridized carbons (Fsp3) is 0.385. The van der Waals surface area contributed by atoms with Crippen molar-refractivity contribution >= 4 is 38.6 Å². The van der Waals surface area contributed by atoms with Gasteiger partial charge in [0.15, 0.2) is 21.5 Å². The molecule has 4 rings (SSSR count). The van der Waals surface area contributed by atoms with Gasteiger partial charge in [0, 0.05) is 6.20 Å². The van der Waals surface area contributed by atoms with Crippen LogP contribution in [0, 0.1) is 0 Å². The van der Waals surface area contributed by atoms with E-state index in [-0.39, 0.29) is 34.3 Å². The molecule has 15 heteroatoms. The largest absolute Gasteiger partial charge is 0.291 e. The number of nitrogens with one attached hydrogen (secondary N) is 1. The lowest BCUT2D eigenvalue weighted by molar-refractivity contribution is 0.0970.